The second-order valence-corrected chi connectivity index (χ2v) is 7.79. The Labute approximate surface area is 155 Å². The van der Waals surface area contributed by atoms with Crippen LogP contribution in [0.15, 0.2) is 42.6 Å². The maximum absolute atomic E-state index is 5.75. The normalized spacial score (nSPS) is 17.1. The summed E-state index contributed by atoms with van der Waals surface area (Å²) in [6.07, 6.45) is 2.15. The van der Waals surface area contributed by atoms with E-state index in [0.717, 1.165) is 24.0 Å². The summed E-state index contributed by atoms with van der Waals surface area (Å²) < 4.78 is 7.90. The van der Waals surface area contributed by atoms with Crippen molar-refractivity contribution in [3.8, 4) is 5.75 Å². The monoisotopic (exact) mass is 357 g/mol. The average Bonchev–Trinajstić information content (AvgIpc) is 3.02. The van der Waals surface area contributed by atoms with Crippen molar-refractivity contribution in [2.24, 2.45) is 0 Å². The lowest BCUT2D eigenvalue weighted by atomic mass is 10.00. The van der Waals surface area contributed by atoms with Gasteiger partial charge in [0.2, 0.25) is 0 Å². The van der Waals surface area contributed by atoms with Crippen LogP contribution in [0.4, 0.5) is 0 Å². The molecule has 5 heteroatoms. The largest absolute Gasteiger partial charge is 0.494 e. The van der Waals surface area contributed by atoms with Crippen molar-refractivity contribution in [1.29, 1.82) is 0 Å². The zero-order valence-corrected chi connectivity index (χ0v) is 16.3. The van der Waals surface area contributed by atoms with Crippen LogP contribution in [-0.4, -0.2) is 33.3 Å². The Morgan fingerprint density at radius 2 is 1.92 bits per heavy atom. The maximum Gasteiger partial charge on any atom is 0.170 e. The standard InChI is InChI=1S/C20H27N3OS/c1-5-24-16-10-8-15(9-11-16)18-17-7-6-12-22(17)13-14-23(18)19(25)21-20(2,3)4/h6-12,18H,5,13-14H2,1-4H3,(H,21,25)/t18-/m1/s1. The van der Waals surface area contributed by atoms with Gasteiger partial charge in [-0.1, -0.05) is 12.1 Å². The highest BCUT2D eigenvalue weighted by Crippen LogP contribution is 2.33. The van der Waals surface area contributed by atoms with Gasteiger partial charge in [0.05, 0.1) is 12.6 Å². The molecule has 1 N–H and O–H groups in total. The summed E-state index contributed by atoms with van der Waals surface area (Å²) in [6, 6.07) is 12.8. The van der Waals surface area contributed by atoms with Crippen molar-refractivity contribution in [2.75, 3.05) is 13.2 Å². The molecule has 0 aliphatic carbocycles. The molecule has 1 aromatic heterocycles. The molecular weight excluding hydrogens is 330 g/mol. The molecule has 0 saturated heterocycles. The molecule has 1 atom stereocenters. The number of ether oxygens (including phenoxy) is 1. The minimum atomic E-state index is -0.0557. The number of hydrogen-bond acceptors (Lipinski definition) is 2. The first-order valence-electron chi connectivity index (χ1n) is 8.85. The molecule has 0 spiro atoms. The molecular formula is C20H27N3OS. The first-order valence-corrected chi connectivity index (χ1v) is 9.26. The van der Waals surface area contributed by atoms with E-state index in [2.05, 4.69) is 66.0 Å². The van der Waals surface area contributed by atoms with Gasteiger partial charge in [-0.15, -0.1) is 0 Å². The molecule has 3 rings (SSSR count). The van der Waals surface area contributed by atoms with Gasteiger partial charge in [-0.05, 0) is 69.7 Å². The minimum Gasteiger partial charge on any atom is -0.494 e. The Morgan fingerprint density at radius 3 is 2.56 bits per heavy atom. The third kappa shape index (κ3) is 3.98. The smallest absolute Gasteiger partial charge is 0.170 e. The van der Waals surface area contributed by atoms with Crippen LogP contribution in [-0.2, 0) is 6.54 Å². The predicted molar refractivity (Wildman–Crippen MR) is 106 cm³/mol. The molecule has 0 amide bonds. The molecule has 134 valence electrons. The highest BCUT2D eigenvalue weighted by atomic mass is 32.1. The summed E-state index contributed by atoms with van der Waals surface area (Å²) in [5.74, 6) is 0.902. The van der Waals surface area contributed by atoms with E-state index < -0.39 is 0 Å². The van der Waals surface area contributed by atoms with Gasteiger partial charge in [0, 0.05) is 30.5 Å². The van der Waals surface area contributed by atoms with E-state index >= 15 is 0 Å². The van der Waals surface area contributed by atoms with Crippen LogP contribution in [0.25, 0.3) is 0 Å². The van der Waals surface area contributed by atoms with Crippen molar-refractivity contribution in [3.63, 3.8) is 0 Å². The number of thiocarbonyl (C=S) groups is 1. The van der Waals surface area contributed by atoms with Crippen LogP contribution >= 0.6 is 12.2 Å². The third-order valence-electron chi connectivity index (χ3n) is 4.29. The molecule has 0 unspecified atom stereocenters. The lowest BCUT2D eigenvalue weighted by Gasteiger charge is -2.40. The number of nitrogens with one attached hydrogen (secondary N) is 1. The van der Waals surface area contributed by atoms with Crippen LogP contribution < -0.4 is 10.1 Å². The summed E-state index contributed by atoms with van der Waals surface area (Å²) in [5, 5.41) is 4.27. The van der Waals surface area contributed by atoms with Crippen LogP contribution in [0.3, 0.4) is 0 Å². The molecule has 1 aromatic carbocycles. The van der Waals surface area contributed by atoms with E-state index in [1.807, 2.05) is 19.1 Å². The molecule has 1 aliphatic rings. The number of aromatic nitrogens is 1. The van der Waals surface area contributed by atoms with Crippen molar-refractivity contribution < 1.29 is 4.74 Å². The summed E-state index contributed by atoms with van der Waals surface area (Å²) in [7, 11) is 0. The van der Waals surface area contributed by atoms with Crippen LogP contribution in [0.5, 0.6) is 5.75 Å². The quantitative estimate of drug-likeness (QED) is 0.842. The number of benzene rings is 1. The van der Waals surface area contributed by atoms with Crippen molar-refractivity contribution in [1.82, 2.24) is 14.8 Å². The highest BCUT2D eigenvalue weighted by molar-refractivity contribution is 7.80. The van der Waals surface area contributed by atoms with Gasteiger partial charge < -0.3 is 19.5 Å². The van der Waals surface area contributed by atoms with Crippen molar-refractivity contribution in [2.45, 2.75) is 45.8 Å². The molecule has 0 radical (unpaired) electrons. The van der Waals surface area contributed by atoms with Gasteiger partial charge in [0.25, 0.3) is 0 Å². The highest BCUT2D eigenvalue weighted by Gasteiger charge is 2.31. The lowest BCUT2D eigenvalue weighted by Crippen LogP contribution is -2.52. The van der Waals surface area contributed by atoms with Gasteiger partial charge in [0.1, 0.15) is 5.75 Å². The number of rotatable bonds is 3. The number of fused-ring (bicyclic) bond motifs is 1. The van der Waals surface area contributed by atoms with Gasteiger partial charge in [-0.2, -0.15) is 0 Å². The Hall–Kier alpha value is -2.01. The van der Waals surface area contributed by atoms with E-state index in [1.54, 1.807) is 0 Å². The summed E-state index contributed by atoms with van der Waals surface area (Å²) in [5.41, 5.74) is 2.44. The van der Waals surface area contributed by atoms with E-state index in [1.165, 1.54) is 11.3 Å². The fraction of sp³-hybridized carbons (Fsp3) is 0.450. The van der Waals surface area contributed by atoms with E-state index in [9.17, 15) is 0 Å². The summed E-state index contributed by atoms with van der Waals surface area (Å²) in [6.45, 7) is 10.9. The predicted octanol–water partition coefficient (Wildman–Crippen LogP) is 3.96. The fourth-order valence-electron chi connectivity index (χ4n) is 3.26. The first kappa shape index (κ1) is 17.8. The second kappa shape index (κ2) is 7.08. The second-order valence-electron chi connectivity index (χ2n) is 7.40. The van der Waals surface area contributed by atoms with Gasteiger partial charge >= 0.3 is 0 Å². The molecule has 0 saturated carbocycles. The Balaban J connectivity index is 1.94. The Bertz CT molecular complexity index is 730. The first-order chi connectivity index (χ1) is 11.9. The summed E-state index contributed by atoms with van der Waals surface area (Å²) >= 11 is 5.75. The van der Waals surface area contributed by atoms with E-state index in [4.69, 9.17) is 17.0 Å². The van der Waals surface area contributed by atoms with Crippen LogP contribution in [0.2, 0.25) is 0 Å². The Kier molecular flexibility index (Phi) is 5.04. The van der Waals surface area contributed by atoms with Crippen molar-refractivity contribution >= 4 is 17.3 Å². The topological polar surface area (TPSA) is 29.4 Å². The van der Waals surface area contributed by atoms with Gasteiger partial charge in [-0.25, -0.2) is 0 Å². The minimum absolute atomic E-state index is 0.0557. The fourth-order valence-corrected chi connectivity index (χ4v) is 3.76. The molecule has 0 fully saturated rings. The van der Waals surface area contributed by atoms with Gasteiger partial charge in [0.15, 0.2) is 5.11 Å². The number of hydrogen-bond donors (Lipinski definition) is 1. The van der Waals surface area contributed by atoms with E-state index in [-0.39, 0.29) is 11.6 Å². The van der Waals surface area contributed by atoms with Gasteiger partial charge in [-0.3, -0.25) is 0 Å². The molecule has 2 heterocycles. The lowest BCUT2D eigenvalue weighted by molar-refractivity contribution is 0.278. The van der Waals surface area contributed by atoms with E-state index in [0.29, 0.717) is 6.61 Å². The maximum atomic E-state index is 5.75. The van der Waals surface area contributed by atoms with Crippen molar-refractivity contribution in [3.05, 3.63) is 53.9 Å². The third-order valence-corrected chi connectivity index (χ3v) is 4.62. The van der Waals surface area contributed by atoms with Crippen LogP contribution in [0, 0.1) is 0 Å². The van der Waals surface area contributed by atoms with Crippen LogP contribution in [0.1, 0.15) is 45.0 Å². The molecule has 4 nitrogen and oxygen atoms in total. The number of nitrogens with zero attached hydrogens (tertiary/aromatic N) is 2. The zero-order valence-electron chi connectivity index (χ0n) is 15.5. The SMILES string of the molecule is CCOc1ccc([C@@H]2c3cccn3CCN2C(=S)NC(C)(C)C)cc1. The summed E-state index contributed by atoms with van der Waals surface area (Å²) in [4.78, 5) is 2.30. The molecule has 25 heavy (non-hydrogen) atoms. The Morgan fingerprint density at radius 1 is 1.20 bits per heavy atom. The molecule has 1 aliphatic heterocycles. The average molecular weight is 358 g/mol. The zero-order chi connectivity index (χ0) is 18.0. The molecule has 2 aromatic rings. The molecule has 0 bridgehead atoms.